The maximum atomic E-state index is 13.4. The Morgan fingerprint density at radius 1 is 1.12 bits per heavy atom. The summed E-state index contributed by atoms with van der Waals surface area (Å²) >= 11 is 0. The zero-order valence-corrected chi connectivity index (χ0v) is 15.1. The molecule has 1 N–H and O–H groups in total. The predicted molar refractivity (Wildman–Crippen MR) is 102 cm³/mol. The molecule has 0 spiro atoms. The number of benzene rings is 1. The minimum absolute atomic E-state index is 0.0938. The fourth-order valence-corrected chi connectivity index (χ4v) is 3.61. The molecule has 26 heavy (non-hydrogen) atoms. The number of anilines is 2. The molecule has 1 aromatic carbocycles. The number of nitrogens with one attached hydrogen (secondary N) is 1. The summed E-state index contributed by atoms with van der Waals surface area (Å²) in [7, 11) is 0. The van der Waals surface area contributed by atoms with E-state index in [1.165, 1.54) is 0 Å². The van der Waals surface area contributed by atoms with Crippen LogP contribution < -0.4 is 25.3 Å². The molecule has 4 rings (SSSR count). The summed E-state index contributed by atoms with van der Waals surface area (Å²) in [5, 5.41) is 3.95. The normalized spacial score (nSPS) is 18.3. The van der Waals surface area contributed by atoms with Gasteiger partial charge >= 0.3 is 0 Å². The zero-order valence-electron chi connectivity index (χ0n) is 15.1. The van der Waals surface area contributed by atoms with Gasteiger partial charge in [0.05, 0.1) is 30.9 Å². The van der Waals surface area contributed by atoms with Crippen LogP contribution in [-0.2, 0) is 4.74 Å². The largest absolute Gasteiger partial charge is 0.485 e. The van der Waals surface area contributed by atoms with Gasteiger partial charge in [-0.1, -0.05) is 6.07 Å². The molecule has 0 radical (unpaired) electrons. The van der Waals surface area contributed by atoms with Gasteiger partial charge < -0.3 is 29.0 Å². The van der Waals surface area contributed by atoms with Gasteiger partial charge in [-0.3, -0.25) is 4.79 Å². The second kappa shape index (κ2) is 7.55. The van der Waals surface area contributed by atoms with Crippen LogP contribution in [0.3, 0.4) is 0 Å². The van der Waals surface area contributed by atoms with Crippen molar-refractivity contribution < 1.29 is 13.9 Å². The monoisotopic (exact) mass is 359 g/mol. The van der Waals surface area contributed by atoms with E-state index in [1.54, 1.807) is 0 Å². The van der Waals surface area contributed by atoms with Crippen LogP contribution in [0.15, 0.2) is 27.4 Å². The van der Waals surface area contributed by atoms with Crippen molar-refractivity contribution in [3.05, 3.63) is 28.4 Å². The summed E-state index contributed by atoms with van der Waals surface area (Å²) in [5.74, 6) is 0.828. The molecule has 2 aromatic rings. The summed E-state index contributed by atoms with van der Waals surface area (Å²) in [4.78, 5) is 17.6. The van der Waals surface area contributed by atoms with Gasteiger partial charge in [0.2, 0.25) is 17.1 Å². The van der Waals surface area contributed by atoms with Gasteiger partial charge in [-0.25, -0.2) is 0 Å². The van der Waals surface area contributed by atoms with Crippen molar-refractivity contribution >= 4 is 22.5 Å². The molecule has 1 aromatic heterocycles. The molecule has 7 heteroatoms. The van der Waals surface area contributed by atoms with Crippen LogP contribution in [0.1, 0.15) is 6.92 Å². The van der Waals surface area contributed by atoms with Gasteiger partial charge in [0, 0.05) is 39.3 Å². The molecule has 0 amide bonds. The first-order valence-electron chi connectivity index (χ1n) is 9.30. The van der Waals surface area contributed by atoms with Crippen LogP contribution in [-0.4, -0.2) is 59.1 Å². The van der Waals surface area contributed by atoms with Crippen molar-refractivity contribution in [2.24, 2.45) is 0 Å². The molecule has 0 saturated carbocycles. The van der Waals surface area contributed by atoms with Crippen LogP contribution in [0.4, 0.5) is 11.6 Å². The molecule has 0 aliphatic carbocycles. The van der Waals surface area contributed by atoms with Gasteiger partial charge in [-0.15, -0.1) is 0 Å². The number of rotatable bonds is 4. The fraction of sp³-hybridized carbons (Fsp3) is 0.526. The number of ether oxygens (including phenoxy) is 2. The standard InChI is InChI=1S/C19H25N3O4/c1-2-25-18-17(23)16-14(21-8-6-20-7-9-21)4-3-5-15(16)26-19(18)22-10-12-24-13-11-22/h3-5,20H,2,6-13H2,1H3. The third-order valence-corrected chi connectivity index (χ3v) is 4.88. The lowest BCUT2D eigenvalue weighted by molar-refractivity contribution is 0.120. The molecule has 0 atom stereocenters. The van der Waals surface area contributed by atoms with Crippen molar-refractivity contribution in [1.82, 2.24) is 5.32 Å². The van der Waals surface area contributed by atoms with Crippen LogP contribution in [0.5, 0.6) is 5.75 Å². The van der Waals surface area contributed by atoms with Crippen molar-refractivity contribution in [3.63, 3.8) is 0 Å². The van der Waals surface area contributed by atoms with Crippen LogP contribution in [0.2, 0.25) is 0 Å². The Bertz CT molecular complexity index is 823. The van der Waals surface area contributed by atoms with E-state index < -0.39 is 0 Å². The lowest BCUT2D eigenvalue weighted by atomic mass is 10.1. The molecule has 140 valence electrons. The molecule has 2 fully saturated rings. The molecule has 0 bridgehead atoms. The van der Waals surface area contributed by atoms with E-state index >= 15 is 0 Å². The van der Waals surface area contributed by atoms with Gasteiger partial charge in [0.15, 0.2) is 0 Å². The van der Waals surface area contributed by atoms with Gasteiger partial charge in [0.1, 0.15) is 5.58 Å². The predicted octanol–water partition coefficient (Wildman–Crippen LogP) is 1.44. The Hall–Kier alpha value is -2.25. The van der Waals surface area contributed by atoms with E-state index in [0.29, 0.717) is 55.5 Å². The maximum absolute atomic E-state index is 13.4. The average molecular weight is 359 g/mol. The SMILES string of the molecule is CCOc1c(N2CCOCC2)oc2cccc(N3CCNCC3)c2c1=O. The number of morpholine rings is 1. The number of hydrogen-bond donors (Lipinski definition) is 1. The van der Waals surface area contributed by atoms with Crippen LogP contribution in [0, 0.1) is 0 Å². The Morgan fingerprint density at radius 2 is 1.88 bits per heavy atom. The second-order valence-electron chi connectivity index (χ2n) is 6.49. The first kappa shape index (κ1) is 17.2. The maximum Gasteiger partial charge on any atom is 0.243 e. The minimum atomic E-state index is -0.0938. The Balaban J connectivity index is 1.86. The summed E-state index contributed by atoms with van der Waals surface area (Å²) in [5.41, 5.74) is 1.44. The Morgan fingerprint density at radius 3 is 2.62 bits per heavy atom. The van der Waals surface area contributed by atoms with Gasteiger partial charge in [0.25, 0.3) is 0 Å². The molecule has 3 heterocycles. The lowest BCUT2D eigenvalue weighted by Gasteiger charge is -2.31. The van der Waals surface area contributed by atoms with E-state index in [9.17, 15) is 4.79 Å². The van der Waals surface area contributed by atoms with Crippen molar-refractivity contribution in [2.75, 3.05) is 68.9 Å². The van der Waals surface area contributed by atoms with Crippen LogP contribution >= 0.6 is 0 Å². The molecule has 0 unspecified atom stereocenters. The summed E-state index contributed by atoms with van der Waals surface area (Å²) in [6.07, 6.45) is 0. The first-order chi connectivity index (χ1) is 12.8. The highest BCUT2D eigenvalue weighted by atomic mass is 16.5. The number of piperazine rings is 1. The molecule has 2 aliphatic heterocycles. The lowest BCUT2D eigenvalue weighted by Crippen LogP contribution is -2.43. The highest BCUT2D eigenvalue weighted by Gasteiger charge is 2.25. The second-order valence-corrected chi connectivity index (χ2v) is 6.49. The summed E-state index contributed by atoms with van der Waals surface area (Å²) in [6.45, 7) is 8.47. The highest BCUT2D eigenvalue weighted by molar-refractivity contribution is 5.92. The van der Waals surface area contributed by atoms with E-state index in [-0.39, 0.29) is 5.43 Å². The van der Waals surface area contributed by atoms with E-state index in [2.05, 4.69) is 10.2 Å². The Labute approximate surface area is 152 Å². The van der Waals surface area contributed by atoms with E-state index in [1.807, 2.05) is 30.0 Å². The molecule has 2 aliphatic rings. The smallest absolute Gasteiger partial charge is 0.243 e. The number of hydrogen-bond acceptors (Lipinski definition) is 7. The highest BCUT2D eigenvalue weighted by Crippen LogP contribution is 2.33. The fourth-order valence-electron chi connectivity index (χ4n) is 3.61. The number of fused-ring (bicyclic) bond motifs is 1. The van der Waals surface area contributed by atoms with Gasteiger partial charge in [-0.2, -0.15) is 0 Å². The van der Waals surface area contributed by atoms with Crippen molar-refractivity contribution in [1.29, 1.82) is 0 Å². The first-order valence-corrected chi connectivity index (χ1v) is 9.30. The number of nitrogens with zero attached hydrogens (tertiary/aromatic N) is 2. The third kappa shape index (κ3) is 3.12. The van der Waals surface area contributed by atoms with Crippen molar-refractivity contribution in [2.45, 2.75) is 6.92 Å². The van der Waals surface area contributed by atoms with E-state index in [0.717, 1.165) is 31.9 Å². The topological polar surface area (TPSA) is 67.2 Å². The third-order valence-electron chi connectivity index (χ3n) is 4.88. The van der Waals surface area contributed by atoms with Crippen molar-refractivity contribution in [3.8, 4) is 5.75 Å². The summed E-state index contributed by atoms with van der Waals surface area (Å²) < 4.78 is 17.4. The molecular formula is C19H25N3O4. The molecule has 7 nitrogen and oxygen atoms in total. The van der Waals surface area contributed by atoms with E-state index in [4.69, 9.17) is 13.9 Å². The van der Waals surface area contributed by atoms with Gasteiger partial charge in [-0.05, 0) is 19.1 Å². The summed E-state index contributed by atoms with van der Waals surface area (Å²) in [6, 6.07) is 5.81. The molecular weight excluding hydrogens is 334 g/mol. The van der Waals surface area contributed by atoms with Crippen LogP contribution in [0.25, 0.3) is 11.0 Å². The average Bonchev–Trinajstić information content (AvgIpc) is 2.71. The minimum Gasteiger partial charge on any atom is -0.485 e. The zero-order chi connectivity index (χ0) is 17.9. The Kier molecular flexibility index (Phi) is 4.99. The molecule has 2 saturated heterocycles. The quantitative estimate of drug-likeness (QED) is 0.886.